The first-order valence-corrected chi connectivity index (χ1v) is 7.43. The average Bonchev–Trinajstić information content (AvgIpc) is 2.88. The molecule has 0 spiro atoms. The number of esters is 1. The molecule has 0 atom stereocenters. The molecule has 3 rings (SSSR count). The molecule has 2 aromatic carbocycles. The monoisotopic (exact) mass is 308 g/mol. The number of hydrogen-bond acceptors (Lipinski definition) is 4. The van der Waals surface area contributed by atoms with Gasteiger partial charge in [0.05, 0.1) is 5.56 Å². The van der Waals surface area contributed by atoms with Crippen LogP contribution in [0.5, 0.6) is 11.5 Å². The lowest BCUT2D eigenvalue weighted by atomic mass is 10.1. The Kier molecular flexibility index (Phi) is 3.98. The maximum absolute atomic E-state index is 12.4. The van der Waals surface area contributed by atoms with Crippen molar-refractivity contribution in [2.75, 3.05) is 0 Å². The number of benzene rings is 2. The molecule has 0 amide bonds. The lowest BCUT2D eigenvalue weighted by molar-refractivity contribution is -0.134. The molecule has 4 nitrogen and oxygen atoms in total. The summed E-state index contributed by atoms with van der Waals surface area (Å²) in [7, 11) is 0. The minimum absolute atomic E-state index is 0.166. The van der Waals surface area contributed by atoms with Gasteiger partial charge in [-0.2, -0.15) is 0 Å². The van der Waals surface area contributed by atoms with Crippen LogP contribution in [0.3, 0.4) is 0 Å². The van der Waals surface area contributed by atoms with Crippen molar-refractivity contribution in [1.82, 2.24) is 0 Å². The minimum Gasteiger partial charge on any atom is -0.452 e. The van der Waals surface area contributed by atoms with Gasteiger partial charge in [0.2, 0.25) is 5.78 Å². The Morgan fingerprint density at radius 3 is 2.61 bits per heavy atom. The molecule has 23 heavy (non-hydrogen) atoms. The van der Waals surface area contributed by atoms with E-state index < -0.39 is 0 Å². The molecule has 4 heteroatoms. The zero-order chi connectivity index (χ0) is 16.4. The molecule has 0 N–H and O–H groups in total. The van der Waals surface area contributed by atoms with E-state index in [2.05, 4.69) is 0 Å². The van der Waals surface area contributed by atoms with Gasteiger partial charge in [0.1, 0.15) is 11.5 Å². The van der Waals surface area contributed by atoms with Crippen LogP contribution in [0.1, 0.15) is 34.8 Å². The molecule has 0 saturated heterocycles. The van der Waals surface area contributed by atoms with E-state index in [0.717, 1.165) is 5.56 Å². The third-order valence-electron chi connectivity index (χ3n) is 3.65. The van der Waals surface area contributed by atoms with Crippen molar-refractivity contribution < 1.29 is 19.1 Å². The highest BCUT2D eigenvalue weighted by Gasteiger charge is 2.30. The first-order chi connectivity index (χ1) is 11.1. The fourth-order valence-electron chi connectivity index (χ4n) is 2.37. The minimum atomic E-state index is -0.322. The van der Waals surface area contributed by atoms with Gasteiger partial charge in [-0.15, -0.1) is 0 Å². The van der Waals surface area contributed by atoms with E-state index >= 15 is 0 Å². The normalized spacial score (nSPS) is 14.5. The van der Waals surface area contributed by atoms with Crippen molar-refractivity contribution >= 4 is 17.8 Å². The average molecular weight is 308 g/mol. The Morgan fingerprint density at radius 1 is 1.17 bits per heavy atom. The van der Waals surface area contributed by atoms with E-state index in [1.807, 2.05) is 30.3 Å². The number of hydrogen-bond donors (Lipinski definition) is 0. The zero-order valence-electron chi connectivity index (χ0n) is 13.0. The van der Waals surface area contributed by atoms with E-state index in [1.54, 1.807) is 32.1 Å². The second kappa shape index (κ2) is 6.08. The van der Waals surface area contributed by atoms with Gasteiger partial charge in [-0.25, -0.2) is 0 Å². The van der Waals surface area contributed by atoms with Crippen LogP contribution in [0.15, 0.2) is 48.2 Å². The van der Waals surface area contributed by atoms with Crippen molar-refractivity contribution in [2.45, 2.75) is 20.3 Å². The predicted octanol–water partition coefficient (Wildman–Crippen LogP) is 3.93. The molecule has 0 bridgehead atoms. The SMILES string of the molecule is CCC(=O)Oc1ccc2c(c1C)O/C(=C\c1ccccc1)C2=O. The standard InChI is InChI=1S/C19H16O4/c1-3-17(20)22-15-10-9-14-18(21)16(23-19(14)12(15)2)11-13-7-5-4-6-8-13/h4-11H,3H2,1-2H3/b16-11-. The summed E-state index contributed by atoms with van der Waals surface area (Å²) >= 11 is 0. The quantitative estimate of drug-likeness (QED) is 0.490. The highest BCUT2D eigenvalue weighted by Crippen LogP contribution is 2.39. The van der Waals surface area contributed by atoms with Gasteiger partial charge in [-0.05, 0) is 30.7 Å². The van der Waals surface area contributed by atoms with Gasteiger partial charge >= 0.3 is 5.97 Å². The Hall–Kier alpha value is -2.88. The second-order valence-electron chi connectivity index (χ2n) is 5.24. The third kappa shape index (κ3) is 2.88. The van der Waals surface area contributed by atoms with Crippen molar-refractivity contribution in [3.8, 4) is 11.5 Å². The summed E-state index contributed by atoms with van der Waals surface area (Å²) in [5, 5.41) is 0. The largest absolute Gasteiger partial charge is 0.452 e. The van der Waals surface area contributed by atoms with Crippen LogP contribution in [-0.2, 0) is 4.79 Å². The first-order valence-electron chi connectivity index (χ1n) is 7.43. The Labute approximate surface area is 134 Å². The molecule has 0 unspecified atom stereocenters. The molecule has 0 aliphatic carbocycles. The fourth-order valence-corrected chi connectivity index (χ4v) is 2.37. The topological polar surface area (TPSA) is 52.6 Å². The summed E-state index contributed by atoms with van der Waals surface area (Å²) in [4.78, 5) is 23.9. The summed E-state index contributed by atoms with van der Waals surface area (Å²) < 4.78 is 11.0. The lowest BCUT2D eigenvalue weighted by Crippen LogP contribution is -2.06. The first kappa shape index (κ1) is 15.0. The number of Topliss-reactive ketones (excluding diaryl/α,β-unsaturated/α-hetero) is 1. The van der Waals surface area contributed by atoms with E-state index in [-0.39, 0.29) is 23.9 Å². The highest BCUT2D eigenvalue weighted by atomic mass is 16.5. The summed E-state index contributed by atoms with van der Waals surface area (Å²) in [6.45, 7) is 3.50. The van der Waals surface area contributed by atoms with Gasteiger partial charge in [-0.3, -0.25) is 9.59 Å². The molecular formula is C19H16O4. The number of allylic oxidation sites excluding steroid dienone is 1. The zero-order valence-corrected chi connectivity index (χ0v) is 13.0. The smallest absolute Gasteiger partial charge is 0.310 e. The Bertz CT molecular complexity index is 804. The Balaban J connectivity index is 1.95. The van der Waals surface area contributed by atoms with Crippen LogP contribution in [0.4, 0.5) is 0 Å². The summed E-state index contributed by atoms with van der Waals surface area (Å²) in [5.74, 6) is 0.661. The van der Waals surface area contributed by atoms with Crippen molar-refractivity contribution in [3.63, 3.8) is 0 Å². The molecule has 2 aromatic rings. The maximum atomic E-state index is 12.4. The number of ether oxygens (including phenoxy) is 2. The number of fused-ring (bicyclic) bond motifs is 1. The number of rotatable bonds is 3. The fraction of sp³-hybridized carbons (Fsp3) is 0.158. The molecule has 1 heterocycles. The number of ketones is 1. The molecular weight excluding hydrogens is 292 g/mol. The number of carbonyl (C=O) groups is 2. The highest BCUT2D eigenvalue weighted by molar-refractivity contribution is 6.15. The lowest BCUT2D eigenvalue weighted by Gasteiger charge is -2.09. The van der Waals surface area contributed by atoms with Crippen LogP contribution in [-0.4, -0.2) is 11.8 Å². The van der Waals surface area contributed by atoms with Crippen LogP contribution in [0, 0.1) is 6.92 Å². The van der Waals surface area contributed by atoms with E-state index in [4.69, 9.17) is 9.47 Å². The van der Waals surface area contributed by atoms with Crippen LogP contribution < -0.4 is 9.47 Å². The van der Waals surface area contributed by atoms with Crippen molar-refractivity contribution in [3.05, 3.63) is 64.9 Å². The van der Waals surface area contributed by atoms with E-state index in [0.29, 0.717) is 22.6 Å². The Morgan fingerprint density at radius 2 is 1.91 bits per heavy atom. The molecule has 116 valence electrons. The molecule has 0 fully saturated rings. The van der Waals surface area contributed by atoms with Crippen molar-refractivity contribution in [1.29, 1.82) is 0 Å². The van der Waals surface area contributed by atoms with Crippen LogP contribution in [0.25, 0.3) is 6.08 Å². The van der Waals surface area contributed by atoms with Gasteiger partial charge in [0.15, 0.2) is 5.76 Å². The van der Waals surface area contributed by atoms with Gasteiger partial charge in [0, 0.05) is 12.0 Å². The molecule has 0 aromatic heterocycles. The van der Waals surface area contributed by atoms with Crippen LogP contribution >= 0.6 is 0 Å². The van der Waals surface area contributed by atoms with Crippen molar-refractivity contribution in [2.24, 2.45) is 0 Å². The predicted molar refractivity (Wildman–Crippen MR) is 86.5 cm³/mol. The van der Waals surface area contributed by atoms with Gasteiger partial charge < -0.3 is 9.47 Å². The summed E-state index contributed by atoms with van der Waals surface area (Å²) in [5.41, 5.74) is 2.02. The van der Waals surface area contributed by atoms with Gasteiger partial charge in [-0.1, -0.05) is 37.3 Å². The van der Waals surface area contributed by atoms with E-state index in [1.165, 1.54) is 0 Å². The molecule has 1 aliphatic heterocycles. The summed E-state index contributed by atoms with van der Waals surface area (Å²) in [6.07, 6.45) is 2.00. The third-order valence-corrected chi connectivity index (χ3v) is 3.65. The number of carbonyl (C=O) groups excluding carboxylic acids is 2. The molecule has 0 radical (unpaired) electrons. The van der Waals surface area contributed by atoms with E-state index in [9.17, 15) is 9.59 Å². The summed E-state index contributed by atoms with van der Waals surface area (Å²) in [6, 6.07) is 12.8. The van der Waals surface area contributed by atoms with Gasteiger partial charge in [0.25, 0.3) is 0 Å². The molecule has 1 aliphatic rings. The maximum Gasteiger partial charge on any atom is 0.310 e. The molecule has 0 saturated carbocycles. The van der Waals surface area contributed by atoms with Crippen LogP contribution in [0.2, 0.25) is 0 Å². The second-order valence-corrected chi connectivity index (χ2v) is 5.24.